The van der Waals surface area contributed by atoms with E-state index in [0.29, 0.717) is 0 Å². The minimum Gasteiger partial charge on any atom is -0.348 e. The van der Waals surface area contributed by atoms with Gasteiger partial charge in [-0.2, -0.15) is 26.3 Å². The van der Waals surface area contributed by atoms with Gasteiger partial charge in [0.15, 0.2) is 0 Å². The zero-order valence-electron chi connectivity index (χ0n) is 13.7. The lowest BCUT2D eigenvalue weighted by Gasteiger charge is -2.20. The highest BCUT2D eigenvalue weighted by atomic mass is 79.9. The Hall–Kier alpha value is -1.94. The van der Waals surface area contributed by atoms with Crippen molar-refractivity contribution in [3.8, 4) is 0 Å². The molecular weight excluding hydrogens is 628 g/mol. The Kier molecular flexibility index (Phi) is 6.73. The second-order valence-corrected chi connectivity index (χ2v) is 7.93. The maximum Gasteiger partial charge on any atom is 0.418 e. The zero-order chi connectivity index (χ0) is 23.2. The molecule has 0 saturated carbocycles. The molecule has 0 unspecified atom stereocenters. The highest BCUT2D eigenvalue weighted by Gasteiger charge is 2.41. The van der Waals surface area contributed by atoms with E-state index in [2.05, 4.69) is 47.8 Å². The van der Waals surface area contributed by atoms with Gasteiger partial charge in [-0.05, 0) is 37.9 Å². The number of nitro benzene ring substituents is 2. The van der Waals surface area contributed by atoms with Crippen LogP contribution in [0.4, 0.5) is 49.1 Å². The summed E-state index contributed by atoms with van der Waals surface area (Å²) >= 11 is 8.22. The molecule has 0 spiro atoms. The standard InChI is InChI=1S/C14H4Br3F6N3O4/c15-6-3-7(16)12(10(17)9(6)14(21,22)23)24-11-5(13(18,19)20)1-4(25(27)28)2-8(11)26(29)30/h1-3,24H. The van der Waals surface area contributed by atoms with Crippen molar-refractivity contribution < 1.29 is 36.2 Å². The third-order valence-electron chi connectivity index (χ3n) is 3.52. The van der Waals surface area contributed by atoms with Crippen molar-refractivity contribution in [3.63, 3.8) is 0 Å². The second kappa shape index (κ2) is 8.30. The molecule has 0 amide bonds. The summed E-state index contributed by atoms with van der Waals surface area (Å²) in [5.74, 6) is 0. The number of nitrogens with zero attached hydrogens (tertiary/aromatic N) is 2. The van der Waals surface area contributed by atoms with Gasteiger partial charge in [0, 0.05) is 15.0 Å². The van der Waals surface area contributed by atoms with Crippen LogP contribution in [0, 0.1) is 20.2 Å². The average molecular weight is 632 g/mol. The fourth-order valence-electron chi connectivity index (χ4n) is 2.31. The molecule has 0 radical (unpaired) electrons. The average Bonchev–Trinajstić information content (AvgIpc) is 2.55. The monoisotopic (exact) mass is 629 g/mol. The van der Waals surface area contributed by atoms with Gasteiger partial charge in [0.1, 0.15) is 5.69 Å². The van der Waals surface area contributed by atoms with E-state index < -0.39 is 65.0 Å². The molecule has 16 heteroatoms. The van der Waals surface area contributed by atoms with Gasteiger partial charge in [0.2, 0.25) is 0 Å². The minimum atomic E-state index is -5.31. The molecule has 0 aliphatic heterocycles. The smallest absolute Gasteiger partial charge is 0.348 e. The maximum atomic E-state index is 13.5. The van der Waals surface area contributed by atoms with E-state index in [0.717, 1.165) is 6.07 Å². The van der Waals surface area contributed by atoms with Crippen molar-refractivity contribution in [3.05, 3.63) is 63.0 Å². The molecule has 2 rings (SSSR count). The largest absolute Gasteiger partial charge is 0.418 e. The minimum absolute atomic E-state index is 0.0423. The van der Waals surface area contributed by atoms with E-state index in [-0.39, 0.29) is 16.6 Å². The van der Waals surface area contributed by atoms with Crippen LogP contribution in [0.5, 0.6) is 0 Å². The lowest BCUT2D eigenvalue weighted by atomic mass is 10.1. The van der Waals surface area contributed by atoms with Crippen LogP contribution < -0.4 is 5.32 Å². The molecule has 0 atom stereocenters. The number of anilines is 2. The summed E-state index contributed by atoms with van der Waals surface area (Å²) < 4.78 is 79.0. The van der Waals surface area contributed by atoms with Crippen molar-refractivity contribution in [1.82, 2.24) is 0 Å². The molecule has 0 aromatic heterocycles. The van der Waals surface area contributed by atoms with Gasteiger partial charge >= 0.3 is 12.4 Å². The number of nitrogens with one attached hydrogen (secondary N) is 1. The summed E-state index contributed by atoms with van der Waals surface area (Å²) in [6.07, 6.45) is -10.2. The summed E-state index contributed by atoms with van der Waals surface area (Å²) in [5, 5.41) is 24.1. The maximum absolute atomic E-state index is 13.5. The summed E-state index contributed by atoms with van der Waals surface area (Å²) in [4.78, 5) is 19.6. The lowest BCUT2D eigenvalue weighted by molar-refractivity contribution is -0.394. The SMILES string of the molecule is O=[N+]([O-])c1cc([N+](=O)[O-])c(Nc2c(Br)cc(Br)c(C(F)(F)F)c2Br)c(C(F)(F)F)c1. The normalized spacial score (nSPS) is 12.0. The Bertz CT molecular complexity index is 1060. The van der Waals surface area contributed by atoms with Crippen molar-refractivity contribution >= 4 is 70.5 Å². The Morgan fingerprint density at radius 2 is 1.37 bits per heavy atom. The van der Waals surface area contributed by atoms with Crippen molar-refractivity contribution in [2.75, 3.05) is 5.32 Å². The van der Waals surface area contributed by atoms with Crippen LogP contribution in [0.1, 0.15) is 11.1 Å². The first kappa shape index (κ1) is 24.3. The Labute approximate surface area is 187 Å². The summed E-state index contributed by atoms with van der Waals surface area (Å²) in [6, 6.07) is 1.18. The molecule has 7 nitrogen and oxygen atoms in total. The van der Waals surface area contributed by atoms with Gasteiger partial charge in [0.05, 0.1) is 37.2 Å². The highest BCUT2D eigenvalue weighted by Crippen LogP contribution is 2.49. The van der Waals surface area contributed by atoms with Gasteiger partial charge < -0.3 is 5.32 Å². The Morgan fingerprint density at radius 1 is 0.800 bits per heavy atom. The van der Waals surface area contributed by atoms with E-state index in [4.69, 9.17) is 0 Å². The van der Waals surface area contributed by atoms with Crippen LogP contribution in [0.15, 0.2) is 31.6 Å². The number of nitro groups is 2. The van der Waals surface area contributed by atoms with Gasteiger partial charge in [-0.1, -0.05) is 15.9 Å². The van der Waals surface area contributed by atoms with Gasteiger partial charge in [0.25, 0.3) is 11.4 Å². The first-order valence-electron chi connectivity index (χ1n) is 7.11. The summed E-state index contributed by atoms with van der Waals surface area (Å²) in [6.45, 7) is 0. The molecule has 0 aliphatic carbocycles. The molecule has 0 saturated heterocycles. The molecular formula is C14H4Br3F6N3O4. The number of halogens is 9. The molecule has 162 valence electrons. The predicted octanol–water partition coefficient (Wildman–Crippen LogP) is 7.57. The quantitative estimate of drug-likeness (QED) is 0.213. The number of rotatable bonds is 4. The van der Waals surface area contributed by atoms with Crippen molar-refractivity contribution in [2.24, 2.45) is 0 Å². The van der Waals surface area contributed by atoms with E-state index in [1.54, 1.807) is 0 Å². The second-order valence-electron chi connectivity index (χ2n) is 5.43. The van der Waals surface area contributed by atoms with Crippen LogP contribution in [-0.2, 0) is 12.4 Å². The highest BCUT2D eigenvalue weighted by molar-refractivity contribution is 9.11. The van der Waals surface area contributed by atoms with E-state index >= 15 is 0 Å². The third-order valence-corrected chi connectivity index (χ3v) is 5.56. The first-order valence-corrected chi connectivity index (χ1v) is 9.49. The van der Waals surface area contributed by atoms with Gasteiger partial charge in [-0.3, -0.25) is 20.2 Å². The number of non-ortho nitro benzene ring substituents is 1. The summed E-state index contributed by atoms with van der Waals surface area (Å²) in [7, 11) is 0. The van der Waals surface area contributed by atoms with Crippen LogP contribution >= 0.6 is 47.8 Å². The fourth-order valence-corrected chi connectivity index (χ4v) is 5.07. The topological polar surface area (TPSA) is 98.3 Å². The predicted molar refractivity (Wildman–Crippen MR) is 103 cm³/mol. The number of hydrogen-bond donors (Lipinski definition) is 1. The molecule has 0 bridgehead atoms. The van der Waals surface area contributed by atoms with E-state index in [9.17, 15) is 46.6 Å². The lowest BCUT2D eigenvalue weighted by Crippen LogP contribution is -2.13. The summed E-state index contributed by atoms with van der Waals surface area (Å²) in [5.41, 5.74) is -7.57. The van der Waals surface area contributed by atoms with Crippen LogP contribution in [0.3, 0.4) is 0 Å². The number of benzene rings is 2. The van der Waals surface area contributed by atoms with Gasteiger partial charge in [-0.25, -0.2) is 0 Å². The molecule has 0 aliphatic rings. The van der Waals surface area contributed by atoms with Crippen molar-refractivity contribution in [1.29, 1.82) is 0 Å². The Morgan fingerprint density at radius 3 is 1.80 bits per heavy atom. The molecule has 0 fully saturated rings. The molecule has 0 heterocycles. The van der Waals surface area contributed by atoms with Gasteiger partial charge in [-0.15, -0.1) is 0 Å². The van der Waals surface area contributed by atoms with Crippen LogP contribution in [-0.4, -0.2) is 9.85 Å². The molecule has 30 heavy (non-hydrogen) atoms. The Balaban J connectivity index is 2.87. The third kappa shape index (κ3) is 4.85. The van der Waals surface area contributed by atoms with E-state index in [1.165, 1.54) is 0 Å². The molecule has 2 aromatic rings. The fraction of sp³-hybridized carbons (Fsp3) is 0.143. The number of hydrogen-bond acceptors (Lipinski definition) is 5. The number of alkyl halides is 6. The van der Waals surface area contributed by atoms with Crippen molar-refractivity contribution in [2.45, 2.75) is 12.4 Å². The van der Waals surface area contributed by atoms with Crippen LogP contribution in [0.25, 0.3) is 0 Å². The molecule has 1 N–H and O–H groups in total. The van der Waals surface area contributed by atoms with Crippen LogP contribution in [0.2, 0.25) is 0 Å². The zero-order valence-corrected chi connectivity index (χ0v) is 18.4. The first-order chi connectivity index (χ1) is 13.6. The van der Waals surface area contributed by atoms with E-state index in [1.807, 2.05) is 5.32 Å². The molecule has 2 aromatic carbocycles.